The molecule has 14 heteroatoms. The predicted octanol–water partition coefficient (Wildman–Crippen LogP) is 4.09. The van der Waals surface area contributed by atoms with E-state index in [-0.39, 0.29) is 22.2 Å². The summed E-state index contributed by atoms with van der Waals surface area (Å²) in [5.74, 6) is -0.166. The average molecular weight is 571 g/mol. The largest absolute Gasteiger partial charge is 0.368 e. The summed E-state index contributed by atoms with van der Waals surface area (Å²) in [5.41, 5.74) is 9.75. The number of sulfone groups is 1. The number of nitrogens with zero attached hydrogens (tertiary/aromatic N) is 6. The smallest absolute Gasteiger partial charge is 0.338 e. The topological polar surface area (TPSA) is 142 Å². The maximum absolute atomic E-state index is 13.5. The van der Waals surface area contributed by atoms with E-state index in [0.717, 1.165) is 17.5 Å². The fraction of sp³-hybridized carbons (Fsp3) is 0.160. The summed E-state index contributed by atoms with van der Waals surface area (Å²) in [7, 11) is -3.49. The average Bonchev–Trinajstić information content (AvgIpc) is 3.42. The van der Waals surface area contributed by atoms with E-state index in [9.17, 15) is 17.2 Å². The number of hydrogen-bond donors (Lipinski definition) is 2. The molecule has 5 rings (SSSR count). The van der Waals surface area contributed by atoms with Gasteiger partial charge >= 0.3 is 5.38 Å². The molecule has 2 aromatic carbocycles. The minimum atomic E-state index is -3.54. The summed E-state index contributed by atoms with van der Waals surface area (Å²) >= 11 is 5.09. The quantitative estimate of drug-likeness (QED) is 0.264. The van der Waals surface area contributed by atoms with E-state index in [1.807, 2.05) is 24.3 Å². The van der Waals surface area contributed by atoms with Crippen LogP contribution < -0.4 is 11.1 Å². The van der Waals surface area contributed by atoms with Crippen molar-refractivity contribution in [1.29, 1.82) is 0 Å². The van der Waals surface area contributed by atoms with Crippen LogP contribution in [-0.4, -0.2) is 56.3 Å². The third kappa shape index (κ3) is 6.10. The van der Waals surface area contributed by atoms with Crippen molar-refractivity contribution in [2.75, 3.05) is 23.9 Å². The zero-order valence-corrected chi connectivity index (χ0v) is 22.0. The SMILES string of the molecule is CS(=O)(=O)c1cccc(-c2cc(Cc3ccc(-n4cncn4)cc3)c3nc(N)nc(NCC(F)(F)Cl)c3n2)c1. The van der Waals surface area contributed by atoms with Gasteiger partial charge in [-0.3, -0.25) is 0 Å². The molecular weight excluding hydrogens is 550 g/mol. The number of anilines is 2. The number of nitrogens with one attached hydrogen (secondary N) is 1. The Bertz CT molecular complexity index is 1760. The van der Waals surface area contributed by atoms with Crippen molar-refractivity contribution >= 4 is 44.2 Å². The van der Waals surface area contributed by atoms with Gasteiger partial charge in [-0.2, -0.15) is 18.9 Å². The number of nitrogens with two attached hydrogens (primary N) is 1. The lowest BCUT2D eigenvalue weighted by Gasteiger charge is -2.15. The van der Waals surface area contributed by atoms with Gasteiger partial charge in [-0.05, 0) is 59.5 Å². The standard InChI is InChI=1S/C25H21ClF2N8O2S/c1-39(37,38)19-4-2-3-16(10-19)20-11-17(9-15-5-7-18(8-6-15)36-14-30-13-32-36)21-22(33-20)23(35-24(29)34-21)31-12-25(26,27)28/h2-8,10-11,13-14H,9,12H2,1H3,(H3,29,31,34,35). The van der Waals surface area contributed by atoms with Crippen LogP contribution in [0.4, 0.5) is 20.5 Å². The van der Waals surface area contributed by atoms with E-state index in [4.69, 9.17) is 17.3 Å². The van der Waals surface area contributed by atoms with Gasteiger partial charge in [0.15, 0.2) is 15.7 Å². The first-order valence-electron chi connectivity index (χ1n) is 11.5. The molecule has 3 N–H and O–H groups in total. The van der Waals surface area contributed by atoms with E-state index in [0.29, 0.717) is 28.8 Å². The molecule has 0 fully saturated rings. The van der Waals surface area contributed by atoms with Gasteiger partial charge in [0.05, 0.1) is 22.8 Å². The van der Waals surface area contributed by atoms with Crippen molar-refractivity contribution in [2.24, 2.45) is 0 Å². The van der Waals surface area contributed by atoms with Crippen molar-refractivity contribution in [3.63, 3.8) is 0 Å². The molecule has 0 saturated carbocycles. The highest BCUT2D eigenvalue weighted by Crippen LogP contribution is 2.31. The van der Waals surface area contributed by atoms with E-state index < -0.39 is 21.8 Å². The summed E-state index contributed by atoms with van der Waals surface area (Å²) in [4.78, 5) is 17.1. The Hall–Kier alpha value is -4.23. The van der Waals surface area contributed by atoms with Crippen molar-refractivity contribution < 1.29 is 17.2 Å². The lowest BCUT2D eigenvalue weighted by molar-refractivity contribution is 0.111. The van der Waals surface area contributed by atoms with Crippen molar-refractivity contribution in [3.05, 3.63) is 78.4 Å². The number of nitrogen functional groups attached to an aromatic ring is 1. The third-order valence-corrected chi connectivity index (χ3v) is 7.02. The number of fused-ring (bicyclic) bond motifs is 1. The van der Waals surface area contributed by atoms with Gasteiger partial charge < -0.3 is 11.1 Å². The van der Waals surface area contributed by atoms with Crippen LogP contribution in [0.5, 0.6) is 0 Å². The second-order valence-corrected chi connectivity index (χ2v) is 11.3. The molecule has 3 aromatic heterocycles. The van der Waals surface area contributed by atoms with Gasteiger partial charge in [0, 0.05) is 11.8 Å². The van der Waals surface area contributed by atoms with E-state index in [1.54, 1.807) is 29.2 Å². The number of halogens is 3. The molecule has 0 aliphatic carbocycles. The molecule has 0 radical (unpaired) electrons. The van der Waals surface area contributed by atoms with Crippen LogP contribution in [0.25, 0.3) is 28.0 Å². The Morgan fingerprint density at radius 3 is 2.49 bits per heavy atom. The summed E-state index contributed by atoms with van der Waals surface area (Å²) < 4.78 is 52.8. The summed E-state index contributed by atoms with van der Waals surface area (Å²) in [6, 6.07) is 15.6. The Kier molecular flexibility index (Phi) is 6.87. The number of alkyl halides is 3. The van der Waals surface area contributed by atoms with E-state index >= 15 is 0 Å². The fourth-order valence-electron chi connectivity index (χ4n) is 3.99. The van der Waals surface area contributed by atoms with Crippen LogP contribution in [0.15, 0.2) is 72.1 Å². The van der Waals surface area contributed by atoms with Gasteiger partial charge in [-0.1, -0.05) is 24.3 Å². The monoisotopic (exact) mass is 570 g/mol. The van der Waals surface area contributed by atoms with Crippen LogP contribution in [-0.2, 0) is 16.3 Å². The molecule has 39 heavy (non-hydrogen) atoms. The Morgan fingerprint density at radius 2 is 1.82 bits per heavy atom. The first kappa shape index (κ1) is 26.4. The van der Waals surface area contributed by atoms with Crippen LogP contribution in [0.3, 0.4) is 0 Å². The van der Waals surface area contributed by atoms with E-state index in [2.05, 4.69) is 30.4 Å². The third-order valence-electron chi connectivity index (χ3n) is 5.78. The van der Waals surface area contributed by atoms with Crippen LogP contribution in [0.1, 0.15) is 11.1 Å². The maximum atomic E-state index is 13.5. The van der Waals surface area contributed by atoms with Gasteiger partial charge in [-0.25, -0.2) is 28.1 Å². The molecule has 5 aromatic rings. The minimum Gasteiger partial charge on any atom is -0.368 e. The second kappa shape index (κ2) is 10.2. The molecule has 0 aliphatic rings. The lowest BCUT2D eigenvalue weighted by Crippen LogP contribution is -2.21. The Morgan fingerprint density at radius 1 is 1.05 bits per heavy atom. The summed E-state index contributed by atoms with van der Waals surface area (Å²) in [6.07, 6.45) is 4.50. The number of rotatable bonds is 8. The Labute approximate surface area is 226 Å². The lowest BCUT2D eigenvalue weighted by atomic mass is 10.0. The molecule has 0 spiro atoms. The first-order valence-corrected chi connectivity index (χ1v) is 13.8. The van der Waals surface area contributed by atoms with Crippen molar-refractivity contribution in [1.82, 2.24) is 29.7 Å². The zero-order chi connectivity index (χ0) is 27.8. The van der Waals surface area contributed by atoms with Crippen LogP contribution >= 0.6 is 11.6 Å². The van der Waals surface area contributed by atoms with Crippen LogP contribution in [0, 0.1) is 0 Å². The molecule has 3 heterocycles. The van der Waals surface area contributed by atoms with Crippen LogP contribution in [0.2, 0.25) is 0 Å². The highest BCUT2D eigenvalue weighted by atomic mass is 35.5. The molecule has 0 unspecified atom stereocenters. The maximum Gasteiger partial charge on any atom is 0.338 e. The van der Waals surface area contributed by atoms with Crippen molar-refractivity contribution in [2.45, 2.75) is 16.7 Å². The minimum absolute atomic E-state index is 0.0262. The molecule has 0 atom stereocenters. The van der Waals surface area contributed by atoms with Crippen molar-refractivity contribution in [3.8, 4) is 16.9 Å². The highest BCUT2D eigenvalue weighted by Gasteiger charge is 2.25. The molecular formula is C25H21ClF2N8O2S. The molecule has 0 saturated heterocycles. The predicted molar refractivity (Wildman–Crippen MR) is 144 cm³/mol. The summed E-state index contributed by atoms with van der Waals surface area (Å²) in [5, 5.41) is 3.09. The molecule has 10 nitrogen and oxygen atoms in total. The Balaban J connectivity index is 1.64. The summed E-state index contributed by atoms with van der Waals surface area (Å²) in [6.45, 7) is -0.922. The normalized spacial score (nSPS) is 12.1. The number of hydrogen-bond acceptors (Lipinski definition) is 9. The number of pyridine rings is 1. The van der Waals surface area contributed by atoms with Gasteiger partial charge in [-0.15, -0.1) is 0 Å². The zero-order valence-electron chi connectivity index (χ0n) is 20.4. The molecule has 0 aliphatic heterocycles. The molecule has 0 bridgehead atoms. The molecule has 0 amide bonds. The van der Waals surface area contributed by atoms with Gasteiger partial charge in [0.25, 0.3) is 0 Å². The fourth-order valence-corrected chi connectivity index (χ4v) is 4.73. The molecule has 200 valence electrons. The van der Waals surface area contributed by atoms with Gasteiger partial charge in [0.2, 0.25) is 5.95 Å². The van der Waals surface area contributed by atoms with E-state index in [1.165, 1.54) is 18.5 Å². The number of benzene rings is 2. The second-order valence-electron chi connectivity index (χ2n) is 8.75. The number of aromatic nitrogens is 6. The first-order chi connectivity index (χ1) is 18.5. The highest BCUT2D eigenvalue weighted by molar-refractivity contribution is 7.90. The van der Waals surface area contributed by atoms with Gasteiger partial charge in [0.1, 0.15) is 23.7 Å².